The van der Waals surface area contributed by atoms with Gasteiger partial charge >= 0.3 is 0 Å². The van der Waals surface area contributed by atoms with Crippen molar-refractivity contribution in [2.75, 3.05) is 10.5 Å². The predicted molar refractivity (Wildman–Crippen MR) is 85.2 cm³/mol. The van der Waals surface area contributed by atoms with Crippen molar-refractivity contribution in [3.8, 4) is 0 Å². The lowest BCUT2D eigenvalue weighted by molar-refractivity contribution is 0.601. The van der Waals surface area contributed by atoms with E-state index >= 15 is 0 Å². The van der Waals surface area contributed by atoms with Gasteiger partial charge in [-0.3, -0.25) is 4.72 Å². The lowest BCUT2D eigenvalue weighted by Crippen LogP contribution is -2.13. The van der Waals surface area contributed by atoms with Crippen LogP contribution in [-0.4, -0.2) is 8.42 Å². The summed E-state index contributed by atoms with van der Waals surface area (Å²) in [5.41, 5.74) is 7.78. The summed E-state index contributed by atoms with van der Waals surface area (Å²) in [7, 11) is -3.61. The third-order valence-electron chi connectivity index (χ3n) is 2.87. The molecular formula is C14H15BrN2O2S. The fourth-order valence-electron chi connectivity index (χ4n) is 1.74. The molecule has 0 spiro atoms. The number of halogens is 1. The summed E-state index contributed by atoms with van der Waals surface area (Å²) in [6.07, 6.45) is 0.850. The van der Waals surface area contributed by atoms with Gasteiger partial charge in [-0.2, -0.15) is 0 Å². The van der Waals surface area contributed by atoms with Crippen molar-refractivity contribution in [1.82, 2.24) is 0 Å². The number of hydrogen-bond acceptors (Lipinski definition) is 3. The van der Waals surface area contributed by atoms with Gasteiger partial charge in [0, 0.05) is 15.8 Å². The maximum Gasteiger partial charge on any atom is 0.261 e. The number of nitrogen functional groups attached to an aromatic ring is 1. The fraction of sp³-hybridized carbons (Fsp3) is 0.143. The average Bonchev–Trinajstić information content (AvgIpc) is 2.41. The van der Waals surface area contributed by atoms with Crippen molar-refractivity contribution >= 4 is 37.3 Å². The highest BCUT2D eigenvalue weighted by Crippen LogP contribution is 2.24. The third kappa shape index (κ3) is 3.32. The monoisotopic (exact) mass is 354 g/mol. The molecule has 0 unspecified atom stereocenters. The van der Waals surface area contributed by atoms with Crippen LogP contribution in [0.5, 0.6) is 0 Å². The maximum atomic E-state index is 12.3. The Morgan fingerprint density at radius 2 is 1.95 bits per heavy atom. The van der Waals surface area contributed by atoms with Crippen LogP contribution in [0.4, 0.5) is 11.4 Å². The number of anilines is 2. The van der Waals surface area contributed by atoms with Crippen LogP contribution in [0.1, 0.15) is 12.5 Å². The van der Waals surface area contributed by atoms with Gasteiger partial charge in [0.1, 0.15) is 0 Å². The molecule has 106 valence electrons. The Morgan fingerprint density at radius 3 is 2.60 bits per heavy atom. The summed E-state index contributed by atoms with van der Waals surface area (Å²) in [5, 5.41) is 0. The minimum Gasteiger partial charge on any atom is -0.398 e. The normalized spacial score (nSPS) is 11.3. The van der Waals surface area contributed by atoms with E-state index in [1.165, 1.54) is 12.1 Å². The van der Waals surface area contributed by atoms with E-state index in [2.05, 4.69) is 20.7 Å². The van der Waals surface area contributed by atoms with Crippen LogP contribution >= 0.6 is 15.9 Å². The molecule has 6 heteroatoms. The van der Waals surface area contributed by atoms with Gasteiger partial charge < -0.3 is 5.73 Å². The average molecular weight is 355 g/mol. The molecule has 0 fully saturated rings. The molecule has 0 aliphatic rings. The first-order valence-electron chi connectivity index (χ1n) is 6.09. The maximum absolute atomic E-state index is 12.3. The Labute approximate surface area is 127 Å². The summed E-state index contributed by atoms with van der Waals surface area (Å²) >= 11 is 3.23. The molecule has 20 heavy (non-hydrogen) atoms. The Bertz CT molecular complexity index is 730. The quantitative estimate of drug-likeness (QED) is 0.826. The zero-order chi connectivity index (χ0) is 14.8. The molecule has 0 amide bonds. The second-order valence-corrected chi connectivity index (χ2v) is 6.88. The lowest BCUT2D eigenvalue weighted by Gasteiger charge is -2.10. The van der Waals surface area contributed by atoms with Gasteiger partial charge in [-0.1, -0.05) is 19.1 Å². The van der Waals surface area contributed by atoms with Crippen LogP contribution in [0, 0.1) is 0 Å². The van der Waals surface area contributed by atoms with Crippen molar-refractivity contribution in [3.63, 3.8) is 0 Å². The largest absolute Gasteiger partial charge is 0.398 e. The first kappa shape index (κ1) is 14.9. The van der Waals surface area contributed by atoms with E-state index in [1.807, 2.05) is 25.1 Å². The molecule has 4 nitrogen and oxygen atoms in total. The van der Waals surface area contributed by atoms with Crippen LogP contribution in [0.25, 0.3) is 0 Å². The smallest absolute Gasteiger partial charge is 0.261 e. The molecule has 0 atom stereocenters. The van der Waals surface area contributed by atoms with Crippen molar-refractivity contribution in [3.05, 3.63) is 52.5 Å². The van der Waals surface area contributed by atoms with Gasteiger partial charge in [-0.15, -0.1) is 0 Å². The Hall–Kier alpha value is -1.53. The summed E-state index contributed by atoms with van der Waals surface area (Å²) in [6, 6.07) is 11.9. The fourth-order valence-corrected chi connectivity index (χ4v) is 3.35. The lowest BCUT2D eigenvalue weighted by atomic mass is 10.1. The van der Waals surface area contributed by atoms with E-state index in [0.29, 0.717) is 15.8 Å². The Kier molecular flexibility index (Phi) is 4.35. The van der Waals surface area contributed by atoms with Crippen molar-refractivity contribution in [1.29, 1.82) is 0 Å². The summed E-state index contributed by atoms with van der Waals surface area (Å²) in [6.45, 7) is 2.02. The van der Waals surface area contributed by atoms with Crippen LogP contribution in [0.15, 0.2) is 51.8 Å². The zero-order valence-electron chi connectivity index (χ0n) is 10.9. The third-order valence-corrected chi connectivity index (χ3v) is 4.94. The van der Waals surface area contributed by atoms with Gasteiger partial charge in [0.05, 0.1) is 4.90 Å². The first-order valence-corrected chi connectivity index (χ1v) is 8.37. The topological polar surface area (TPSA) is 72.2 Å². The SMILES string of the molecule is CCc1cccc(NS(=O)(=O)c2ccc(N)c(Br)c2)c1. The standard InChI is InChI=1S/C14H15BrN2O2S/c1-2-10-4-3-5-11(8-10)17-20(18,19)12-6-7-14(16)13(15)9-12/h3-9,17H,2,16H2,1H3. The van der Waals surface area contributed by atoms with Gasteiger partial charge in [0.25, 0.3) is 10.0 Å². The Morgan fingerprint density at radius 1 is 1.20 bits per heavy atom. The van der Waals surface area contributed by atoms with E-state index in [9.17, 15) is 8.42 Å². The highest BCUT2D eigenvalue weighted by Gasteiger charge is 2.15. The van der Waals surface area contributed by atoms with Crippen molar-refractivity contribution < 1.29 is 8.42 Å². The van der Waals surface area contributed by atoms with Crippen LogP contribution in [-0.2, 0) is 16.4 Å². The van der Waals surface area contributed by atoms with Crippen LogP contribution in [0.2, 0.25) is 0 Å². The number of sulfonamides is 1. The highest BCUT2D eigenvalue weighted by atomic mass is 79.9. The molecule has 0 bridgehead atoms. The van der Waals surface area contributed by atoms with E-state index in [0.717, 1.165) is 12.0 Å². The molecule has 2 aromatic rings. The Balaban J connectivity index is 2.32. The molecule has 0 saturated carbocycles. The molecule has 3 N–H and O–H groups in total. The minimum absolute atomic E-state index is 0.167. The second kappa shape index (κ2) is 5.85. The van der Waals surface area contributed by atoms with Crippen molar-refractivity contribution in [2.24, 2.45) is 0 Å². The van der Waals surface area contributed by atoms with Crippen LogP contribution < -0.4 is 10.5 Å². The van der Waals surface area contributed by atoms with E-state index < -0.39 is 10.0 Å². The number of hydrogen-bond donors (Lipinski definition) is 2. The summed E-state index contributed by atoms with van der Waals surface area (Å²) < 4.78 is 27.7. The highest BCUT2D eigenvalue weighted by molar-refractivity contribution is 9.10. The predicted octanol–water partition coefficient (Wildman–Crippen LogP) is 3.39. The number of nitrogens with two attached hydrogens (primary N) is 1. The molecule has 0 aliphatic heterocycles. The van der Waals surface area contributed by atoms with E-state index in [4.69, 9.17) is 5.73 Å². The van der Waals surface area contributed by atoms with Crippen molar-refractivity contribution in [2.45, 2.75) is 18.2 Å². The van der Waals surface area contributed by atoms with Gasteiger partial charge in [-0.05, 0) is 58.2 Å². The first-order chi connectivity index (χ1) is 9.42. The van der Waals surface area contributed by atoms with E-state index in [1.54, 1.807) is 12.1 Å². The number of benzene rings is 2. The molecule has 0 aromatic heterocycles. The van der Waals surface area contributed by atoms with Gasteiger partial charge in [0.15, 0.2) is 0 Å². The second-order valence-electron chi connectivity index (χ2n) is 4.34. The zero-order valence-corrected chi connectivity index (χ0v) is 13.3. The van der Waals surface area contributed by atoms with Gasteiger partial charge in [-0.25, -0.2) is 8.42 Å². The molecule has 0 saturated heterocycles. The molecule has 0 heterocycles. The number of aryl methyl sites for hydroxylation is 1. The number of nitrogens with one attached hydrogen (secondary N) is 1. The minimum atomic E-state index is -3.61. The molecule has 2 aromatic carbocycles. The summed E-state index contributed by atoms with van der Waals surface area (Å²) in [5.74, 6) is 0. The summed E-state index contributed by atoms with van der Waals surface area (Å²) in [4.78, 5) is 0.167. The van der Waals surface area contributed by atoms with Gasteiger partial charge in [0.2, 0.25) is 0 Å². The molecule has 0 aliphatic carbocycles. The number of rotatable bonds is 4. The molecule has 2 rings (SSSR count). The molecule has 0 radical (unpaired) electrons. The van der Waals surface area contributed by atoms with Crippen LogP contribution in [0.3, 0.4) is 0 Å². The molecular weight excluding hydrogens is 340 g/mol. The van der Waals surface area contributed by atoms with E-state index in [-0.39, 0.29) is 4.90 Å².